The van der Waals surface area contributed by atoms with E-state index in [2.05, 4.69) is 5.32 Å². The smallest absolute Gasteiger partial charge is 0.258 e. The summed E-state index contributed by atoms with van der Waals surface area (Å²) in [5.74, 6) is -0.790. The van der Waals surface area contributed by atoms with Crippen molar-refractivity contribution in [3.63, 3.8) is 0 Å². The summed E-state index contributed by atoms with van der Waals surface area (Å²) in [5, 5.41) is 2.66. The summed E-state index contributed by atoms with van der Waals surface area (Å²) in [6.45, 7) is 3.19. The zero-order chi connectivity index (χ0) is 15.4. The average molecular weight is 295 g/mol. The van der Waals surface area contributed by atoms with Crippen LogP contribution < -0.4 is 10.1 Å². The maximum absolute atomic E-state index is 13.3. The van der Waals surface area contributed by atoms with Crippen molar-refractivity contribution in [2.75, 3.05) is 6.61 Å². The SMILES string of the molecule is Cc1ccc([C@H](C)NC(=O)COc2ccc(F)cc2F)o1. The molecule has 0 saturated carbocycles. The molecule has 0 bridgehead atoms. The molecule has 1 heterocycles. The first-order valence-corrected chi connectivity index (χ1v) is 6.39. The second-order valence-corrected chi connectivity index (χ2v) is 4.60. The highest BCUT2D eigenvalue weighted by Crippen LogP contribution is 2.18. The number of hydrogen-bond acceptors (Lipinski definition) is 3. The molecule has 1 atom stereocenters. The number of hydrogen-bond donors (Lipinski definition) is 1. The Morgan fingerprint density at radius 1 is 1.33 bits per heavy atom. The quantitative estimate of drug-likeness (QED) is 0.922. The molecule has 0 saturated heterocycles. The van der Waals surface area contributed by atoms with E-state index in [1.54, 1.807) is 26.0 Å². The summed E-state index contributed by atoms with van der Waals surface area (Å²) in [7, 11) is 0. The van der Waals surface area contributed by atoms with Crippen molar-refractivity contribution in [1.29, 1.82) is 0 Å². The molecule has 0 unspecified atom stereocenters. The van der Waals surface area contributed by atoms with E-state index in [0.29, 0.717) is 11.8 Å². The van der Waals surface area contributed by atoms with Crippen LogP contribution in [0.25, 0.3) is 0 Å². The summed E-state index contributed by atoms with van der Waals surface area (Å²) in [6.07, 6.45) is 0. The van der Waals surface area contributed by atoms with E-state index < -0.39 is 17.5 Å². The highest BCUT2D eigenvalue weighted by atomic mass is 19.1. The summed E-state index contributed by atoms with van der Waals surface area (Å²) < 4.78 is 36.4. The van der Waals surface area contributed by atoms with Crippen LogP contribution >= 0.6 is 0 Å². The Morgan fingerprint density at radius 2 is 2.10 bits per heavy atom. The topological polar surface area (TPSA) is 51.5 Å². The molecule has 6 heteroatoms. The minimum Gasteiger partial charge on any atom is -0.481 e. The van der Waals surface area contributed by atoms with Crippen LogP contribution in [-0.2, 0) is 4.79 Å². The summed E-state index contributed by atoms with van der Waals surface area (Å²) in [6, 6.07) is 6.12. The molecule has 2 rings (SSSR count). The maximum Gasteiger partial charge on any atom is 0.258 e. The van der Waals surface area contributed by atoms with Crippen molar-refractivity contribution in [1.82, 2.24) is 5.32 Å². The maximum atomic E-state index is 13.3. The predicted octanol–water partition coefficient (Wildman–Crippen LogP) is 3.12. The van der Waals surface area contributed by atoms with Crippen molar-refractivity contribution >= 4 is 5.91 Å². The van der Waals surface area contributed by atoms with Crippen molar-refractivity contribution in [2.45, 2.75) is 19.9 Å². The number of halogens is 2. The third-order valence-electron chi connectivity index (χ3n) is 2.82. The van der Waals surface area contributed by atoms with Crippen LogP contribution in [0.5, 0.6) is 5.75 Å². The average Bonchev–Trinajstić information content (AvgIpc) is 2.84. The van der Waals surface area contributed by atoms with Crippen LogP contribution in [-0.4, -0.2) is 12.5 Å². The molecular weight excluding hydrogens is 280 g/mol. The monoisotopic (exact) mass is 295 g/mol. The van der Waals surface area contributed by atoms with Gasteiger partial charge >= 0.3 is 0 Å². The molecule has 0 aliphatic rings. The predicted molar refractivity (Wildman–Crippen MR) is 71.9 cm³/mol. The number of carbonyl (C=O) groups excluding carboxylic acids is 1. The fraction of sp³-hybridized carbons (Fsp3) is 0.267. The molecule has 2 aromatic rings. The van der Waals surface area contributed by atoms with Gasteiger partial charge in [-0.1, -0.05) is 0 Å². The third-order valence-corrected chi connectivity index (χ3v) is 2.82. The molecule has 0 radical (unpaired) electrons. The number of rotatable bonds is 5. The van der Waals surface area contributed by atoms with Crippen molar-refractivity contribution in [3.8, 4) is 5.75 Å². The van der Waals surface area contributed by atoms with Crippen molar-refractivity contribution in [3.05, 3.63) is 53.5 Å². The molecule has 1 aromatic carbocycles. The summed E-state index contributed by atoms with van der Waals surface area (Å²) in [4.78, 5) is 11.7. The van der Waals surface area contributed by atoms with E-state index in [-0.39, 0.29) is 18.4 Å². The van der Waals surface area contributed by atoms with Crippen molar-refractivity contribution in [2.24, 2.45) is 0 Å². The third kappa shape index (κ3) is 4.05. The number of ether oxygens (including phenoxy) is 1. The fourth-order valence-corrected chi connectivity index (χ4v) is 1.78. The van der Waals surface area contributed by atoms with Gasteiger partial charge in [-0.05, 0) is 38.1 Å². The fourth-order valence-electron chi connectivity index (χ4n) is 1.78. The lowest BCUT2D eigenvalue weighted by Crippen LogP contribution is -2.31. The van der Waals surface area contributed by atoms with Crippen LogP contribution in [0.1, 0.15) is 24.5 Å². The highest BCUT2D eigenvalue weighted by Gasteiger charge is 2.14. The van der Waals surface area contributed by atoms with E-state index >= 15 is 0 Å². The lowest BCUT2D eigenvalue weighted by atomic mass is 10.2. The number of benzene rings is 1. The van der Waals surface area contributed by atoms with E-state index in [4.69, 9.17) is 9.15 Å². The molecule has 1 amide bonds. The lowest BCUT2D eigenvalue weighted by Gasteiger charge is -2.12. The van der Waals surface area contributed by atoms with Crippen LogP contribution in [0.4, 0.5) is 8.78 Å². The van der Waals surface area contributed by atoms with E-state index in [1.807, 2.05) is 0 Å². The molecule has 4 nitrogen and oxygen atoms in total. The van der Waals surface area contributed by atoms with Crippen LogP contribution in [0, 0.1) is 18.6 Å². The lowest BCUT2D eigenvalue weighted by molar-refractivity contribution is -0.123. The van der Waals surface area contributed by atoms with Gasteiger partial charge in [-0.15, -0.1) is 0 Å². The second kappa shape index (κ2) is 6.39. The Kier molecular flexibility index (Phi) is 4.57. The molecule has 0 aliphatic heterocycles. The molecular formula is C15H15F2NO3. The number of furan rings is 1. The van der Waals surface area contributed by atoms with Gasteiger partial charge in [-0.25, -0.2) is 8.78 Å². The van der Waals surface area contributed by atoms with E-state index in [1.165, 1.54) is 0 Å². The number of amides is 1. The first kappa shape index (κ1) is 15.0. The van der Waals surface area contributed by atoms with E-state index in [0.717, 1.165) is 17.9 Å². The van der Waals surface area contributed by atoms with Gasteiger partial charge in [-0.2, -0.15) is 0 Å². The Hall–Kier alpha value is -2.37. The number of aryl methyl sites for hydroxylation is 1. The Labute approximate surface area is 120 Å². The minimum absolute atomic E-state index is 0.173. The number of nitrogens with one attached hydrogen (secondary N) is 1. The molecule has 0 aliphatic carbocycles. The normalized spacial score (nSPS) is 12.0. The van der Waals surface area contributed by atoms with Gasteiger partial charge in [-0.3, -0.25) is 4.79 Å². The summed E-state index contributed by atoms with van der Waals surface area (Å²) >= 11 is 0. The first-order valence-electron chi connectivity index (χ1n) is 6.39. The molecule has 0 spiro atoms. The van der Waals surface area contributed by atoms with Crippen LogP contribution in [0.2, 0.25) is 0 Å². The first-order chi connectivity index (χ1) is 9.95. The van der Waals surface area contributed by atoms with Crippen LogP contribution in [0.15, 0.2) is 34.7 Å². The molecule has 112 valence electrons. The minimum atomic E-state index is -0.850. The standard InChI is InChI=1S/C15H15F2NO3/c1-9-3-5-13(21-9)10(2)18-15(19)8-20-14-6-4-11(16)7-12(14)17/h3-7,10H,8H2,1-2H3,(H,18,19)/t10-/m0/s1. The van der Waals surface area contributed by atoms with Crippen LogP contribution in [0.3, 0.4) is 0 Å². The largest absolute Gasteiger partial charge is 0.481 e. The van der Waals surface area contributed by atoms with Gasteiger partial charge in [0, 0.05) is 6.07 Å². The van der Waals surface area contributed by atoms with Gasteiger partial charge in [0.25, 0.3) is 5.91 Å². The van der Waals surface area contributed by atoms with Gasteiger partial charge in [0.2, 0.25) is 0 Å². The van der Waals surface area contributed by atoms with E-state index in [9.17, 15) is 13.6 Å². The van der Waals surface area contributed by atoms with Gasteiger partial charge < -0.3 is 14.5 Å². The molecule has 21 heavy (non-hydrogen) atoms. The van der Waals surface area contributed by atoms with Gasteiger partial charge in [0.15, 0.2) is 18.2 Å². The van der Waals surface area contributed by atoms with Gasteiger partial charge in [0.05, 0.1) is 6.04 Å². The zero-order valence-electron chi connectivity index (χ0n) is 11.7. The molecule has 0 fully saturated rings. The second-order valence-electron chi connectivity index (χ2n) is 4.60. The zero-order valence-corrected chi connectivity index (χ0v) is 11.7. The Balaban J connectivity index is 1.87. The Bertz CT molecular complexity index is 640. The molecule has 1 aromatic heterocycles. The highest BCUT2D eigenvalue weighted by molar-refractivity contribution is 5.77. The number of carbonyl (C=O) groups is 1. The summed E-state index contributed by atoms with van der Waals surface area (Å²) in [5.41, 5.74) is 0. The Morgan fingerprint density at radius 3 is 2.71 bits per heavy atom. The molecule has 1 N–H and O–H groups in total. The van der Waals surface area contributed by atoms with Crippen molar-refractivity contribution < 1.29 is 22.7 Å². The van der Waals surface area contributed by atoms with Gasteiger partial charge in [0.1, 0.15) is 17.3 Å².